The van der Waals surface area contributed by atoms with E-state index in [4.69, 9.17) is 9.57 Å². The minimum absolute atomic E-state index is 0.414. The van der Waals surface area contributed by atoms with E-state index in [1.54, 1.807) is 23.3 Å². The minimum atomic E-state index is -0.583. The largest absolute Gasteiger partial charge is 0.449 e. The van der Waals surface area contributed by atoms with Crippen LogP contribution in [0, 0.1) is 6.92 Å². The van der Waals surface area contributed by atoms with Gasteiger partial charge in [-0.15, -0.1) is 5.06 Å². The lowest BCUT2D eigenvalue weighted by molar-refractivity contribution is -0.110. The topological polar surface area (TPSA) is 79.9 Å². The summed E-state index contributed by atoms with van der Waals surface area (Å²) in [5.74, 6) is 0. The first-order valence-corrected chi connectivity index (χ1v) is 18.4. The van der Waals surface area contributed by atoms with Gasteiger partial charge in [-0.1, -0.05) is 164 Å². The predicted octanol–water partition coefficient (Wildman–Crippen LogP) is 12.0. The number of nitrogens with one attached hydrogen (secondary N) is 2. The highest BCUT2D eigenvalue weighted by atomic mass is 16.7. The molecule has 0 atom stereocenters. The Morgan fingerprint density at radius 1 is 0.583 bits per heavy atom. The molecule has 0 saturated carbocycles. The molecule has 0 bridgehead atoms. The second-order valence-electron chi connectivity index (χ2n) is 12.9. The molecule has 0 aliphatic carbocycles. The lowest BCUT2D eigenvalue weighted by Gasteiger charge is -2.22. The van der Waals surface area contributed by atoms with Crippen molar-refractivity contribution in [3.8, 4) is 0 Å². The molecule has 0 fully saturated rings. The van der Waals surface area contributed by atoms with Crippen molar-refractivity contribution >= 4 is 23.6 Å². The Balaban J connectivity index is 1.26. The molecule has 3 aromatic rings. The number of hydroxylamine groups is 2. The molecule has 0 unspecified atom stereocenters. The fraction of sp³-hybridized carbons (Fsp3) is 0.512. The van der Waals surface area contributed by atoms with Crippen molar-refractivity contribution in [2.75, 3.05) is 17.2 Å². The normalized spacial score (nSPS) is 11.0. The van der Waals surface area contributed by atoms with Crippen molar-refractivity contribution in [3.05, 3.63) is 95.6 Å². The van der Waals surface area contributed by atoms with Crippen LogP contribution in [0.4, 0.5) is 21.0 Å². The number of carbonyl (C=O) groups excluding carboxylic acids is 2. The van der Waals surface area contributed by atoms with Crippen molar-refractivity contribution in [1.29, 1.82) is 0 Å². The van der Waals surface area contributed by atoms with E-state index < -0.39 is 12.2 Å². The Hall–Kier alpha value is -3.84. The van der Waals surface area contributed by atoms with Gasteiger partial charge in [0.05, 0.1) is 19.7 Å². The van der Waals surface area contributed by atoms with Crippen molar-refractivity contribution in [2.24, 2.45) is 0 Å². The maximum Gasteiger partial charge on any atom is 0.430 e. The Bertz CT molecular complexity index is 1240. The summed E-state index contributed by atoms with van der Waals surface area (Å²) < 4.78 is 5.41. The first-order chi connectivity index (χ1) is 23.5. The lowest BCUT2D eigenvalue weighted by atomic mass is 10.0. The molecule has 0 spiro atoms. The molecule has 0 aromatic heterocycles. The third-order valence-corrected chi connectivity index (χ3v) is 8.56. The van der Waals surface area contributed by atoms with Gasteiger partial charge < -0.3 is 9.57 Å². The van der Waals surface area contributed by atoms with Crippen LogP contribution in [0.15, 0.2) is 78.9 Å². The van der Waals surface area contributed by atoms with Crippen LogP contribution in [0.5, 0.6) is 0 Å². The monoisotopic (exact) mass is 657 g/mol. The lowest BCUT2D eigenvalue weighted by Crippen LogP contribution is -2.29. The second kappa shape index (κ2) is 24.3. The summed E-state index contributed by atoms with van der Waals surface area (Å²) in [4.78, 5) is 30.9. The van der Waals surface area contributed by atoms with Crippen molar-refractivity contribution < 1.29 is 19.2 Å². The number of ether oxygens (including phenoxy) is 1. The second-order valence-corrected chi connectivity index (χ2v) is 12.9. The smallest absolute Gasteiger partial charge is 0.430 e. The van der Waals surface area contributed by atoms with Gasteiger partial charge in [-0.05, 0) is 48.2 Å². The molecule has 0 saturated heterocycles. The third kappa shape index (κ3) is 17.4. The summed E-state index contributed by atoms with van der Waals surface area (Å²) in [5, 5.41) is 7.26. The highest BCUT2D eigenvalue weighted by Crippen LogP contribution is 2.21. The number of carbonyl (C=O) groups is 2. The predicted molar refractivity (Wildman–Crippen MR) is 198 cm³/mol. The molecule has 0 heterocycles. The molecule has 7 heteroatoms. The van der Waals surface area contributed by atoms with E-state index in [-0.39, 0.29) is 0 Å². The fourth-order valence-corrected chi connectivity index (χ4v) is 5.80. The summed E-state index contributed by atoms with van der Waals surface area (Å²) in [6, 6.07) is 25.1. The summed E-state index contributed by atoms with van der Waals surface area (Å²) in [5.41, 5.74) is 4.09. The number of anilines is 2. The van der Waals surface area contributed by atoms with Crippen LogP contribution in [0.2, 0.25) is 0 Å². The minimum Gasteiger partial charge on any atom is -0.449 e. The van der Waals surface area contributed by atoms with Gasteiger partial charge >= 0.3 is 12.2 Å². The molecule has 2 amide bonds. The average molecular weight is 658 g/mol. The van der Waals surface area contributed by atoms with Crippen LogP contribution in [-0.2, 0) is 22.7 Å². The molecule has 3 aromatic carbocycles. The van der Waals surface area contributed by atoms with Gasteiger partial charge in [-0.25, -0.2) is 9.59 Å². The van der Waals surface area contributed by atoms with Crippen LogP contribution in [0.1, 0.15) is 126 Å². The Labute approximate surface area is 289 Å². The molecule has 262 valence electrons. The Kier molecular flexibility index (Phi) is 19.6. The van der Waals surface area contributed by atoms with E-state index in [0.29, 0.717) is 31.1 Å². The molecular weight excluding hydrogens is 598 g/mol. The van der Waals surface area contributed by atoms with Crippen molar-refractivity contribution in [2.45, 2.75) is 130 Å². The molecule has 0 aliphatic heterocycles. The van der Waals surface area contributed by atoms with Crippen molar-refractivity contribution in [3.63, 3.8) is 0 Å². The van der Waals surface area contributed by atoms with E-state index >= 15 is 0 Å². The molecule has 0 radical (unpaired) electrons. The Morgan fingerprint density at radius 2 is 1.06 bits per heavy atom. The van der Waals surface area contributed by atoms with Gasteiger partial charge in [0.15, 0.2) is 0 Å². The number of benzene rings is 3. The average Bonchev–Trinajstić information content (AvgIpc) is 3.08. The highest BCUT2D eigenvalue weighted by molar-refractivity contribution is 5.88. The summed E-state index contributed by atoms with van der Waals surface area (Å²) in [6.07, 6.45) is 19.9. The zero-order valence-corrected chi connectivity index (χ0v) is 29.5. The van der Waals surface area contributed by atoms with Gasteiger partial charge in [-0.3, -0.25) is 10.6 Å². The van der Waals surface area contributed by atoms with E-state index in [1.807, 2.05) is 67.6 Å². The quantitative estimate of drug-likeness (QED) is 0.0740. The number of hydrogen-bond acceptors (Lipinski definition) is 5. The zero-order valence-electron chi connectivity index (χ0n) is 29.5. The van der Waals surface area contributed by atoms with Crippen LogP contribution < -0.4 is 10.6 Å². The molecule has 48 heavy (non-hydrogen) atoms. The van der Waals surface area contributed by atoms with Gasteiger partial charge in [0.1, 0.15) is 0 Å². The number of nitrogens with zero attached hydrogens (tertiary/aromatic N) is 1. The third-order valence-electron chi connectivity index (χ3n) is 8.56. The van der Waals surface area contributed by atoms with Gasteiger partial charge in [0.25, 0.3) is 0 Å². The van der Waals surface area contributed by atoms with Gasteiger partial charge in [-0.2, -0.15) is 0 Å². The fourth-order valence-electron chi connectivity index (χ4n) is 5.80. The maximum absolute atomic E-state index is 12.8. The van der Waals surface area contributed by atoms with Crippen LogP contribution in [0.25, 0.3) is 0 Å². The van der Waals surface area contributed by atoms with Gasteiger partial charge in [0, 0.05) is 11.4 Å². The zero-order chi connectivity index (χ0) is 34.1. The Morgan fingerprint density at radius 3 is 1.54 bits per heavy atom. The molecule has 2 N–H and O–H groups in total. The van der Waals surface area contributed by atoms with E-state index in [1.165, 1.54) is 89.9 Å². The van der Waals surface area contributed by atoms with E-state index in [2.05, 4.69) is 17.6 Å². The summed E-state index contributed by atoms with van der Waals surface area (Å²) in [6.45, 7) is 5.46. The molecule has 0 aliphatic rings. The number of rotatable bonds is 24. The van der Waals surface area contributed by atoms with Crippen LogP contribution in [0.3, 0.4) is 0 Å². The van der Waals surface area contributed by atoms with Crippen LogP contribution in [-0.4, -0.2) is 23.9 Å². The first kappa shape index (κ1) is 38.6. The number of unbranched alkanes of at least 4 members (excludes halogenated alkanes) is 15. The maximum atomic E-state index is 12.8. The molecule has 7 nitrogen and oxygen atoms in total. The number of aryl methyl sites for hydroxylation is 1. The standard InChI is InChI=1S/C41H59N3O4/c1-3-4-5-6-7-8-9-10-11-12-13-14-15-16-17-24-31-47-40(45)43-39-30-29-38(32-35(39)2)42-41(46)48-44(33-36-25-20-18-21-26-36)34-37-27-22-19-23-28-37/h18-23,25-30,32H,3-17,24,31,33-34H2,1-2H3,(H,42,46)(H,43,45). The van der Waals surface area contributed by atoms with Crippen molar-refractivity contribution in [1.82, 2.24) is 5.06 Å². The SMILES string of the molecule is CCCCCCCCCCCCCCCCCCOC(=O)Nc1ccc(NC(=O)ON(Cc2ccccc2)Cc2ccccc2)cc1C. The van der Waals surface area contributed by atoms with Gasteiger partial charge in [0.2, 0.25) is 0 Å². The first-order valence-electron chi connectivity index (χ1n) is 18.4. The number of amides is 2. The van der Waals surface area contributed by atoms with Crippen LogP contribution >= 0.6 is 0 Å². The highest BCUT2D eigenvalue weighted by Gasteiger charge is 2.15. The summed E-state index contributed by atoms with van der Waals surface area (Å²) in [7, 11) is 0. The molecular formula is C41H59N3O4. The summed E-state index contributed by atoms with van der Waals surface area (Å²) >= 11 is 0. The number of hydrogen-bond donors (Lipinski definition) is 2. The van der Waals surface area contributed by atoms with E-state index in [0.717, 1.165) is 29.5 Å². The van der Waals surface area contributed by atoms with E-state index in [9.17, 15) is 9.59 Å². The molecule has 3 rings (SSSR count).